The van der Waals surface area contributed by atoms with Crippen LogP contribution < -0.4 is 10.6 Å². The molecule has 1 aromatic carbocycles. The summed E-state index contributed by atoms with van der Waals surface area (Å²) in [6, 6.07) is 4.50. The number of rotatable bonds is 5. The second-order valence-corrected chi connectivity index (χ2v) is 5.03. The fourth-order valence-electron chi connectivity index (χ4n) is 1.90. The van der Waals surface area contributed by atoms with Crippen LogP contribution in [-0.4, -0.2) is 16.5 Å². The van der Waals surface area contributed by atoms with Gasteiger partial charge in [0.25, 0.3) is 0 Å². The number of hydrogen-bond acceptors (Lipinski definition) is 4. The highest BCUT2D eigenvalue weighted by Crippen LogP contribution is 2.26. The zero-order valence-corrected chi connectivity index (χ0v) is 13.1. The zero-order chi connectivity index (χ0) is 15.4. The van der Waals surface area contributed by atoms with Gasteiger partial charge in [-0.05, 0) is 32.0 Å². The Balaban J connectivity index is 2.40. The molecule has 2 rings (SSSR count). The van der Waals surface area contributed by atoms with Crippen molar-refractivity contribution in [1.82, 2.24) is 9.97 Å². The minimum atomic E-state index is -0.413. The Labute approximate surface area is 128 Å². The van der Waals surface area contributed by atoms with E-state index >= 15 is 0 Å². The number of halogens is 2. The lowest BCUT2D eigenvalue weighted by molar-refractivity contribution is 0.632. The summed E-state index contributed by atoms with van der Waals surface area (Å²) in [6.45, 7) is 6.63. The van der Waals surface area contributed by atoms with Gasteiger partial charge in [0, 0.05) is 23.6 Å². The molecule has 0 radical (unpaired) electrons. The van der Waals surface area contributed by atoms with Crippen LogP contribution in [0.15, 0.2) is 18.2 Å². The summed E-state index contributed by atoms with van der Waals surface area (Å²) in [4.78, 5) is 8.87. The molecule has 0 saturated heterocycles. The Morgan fingerprint density at radius 1 is 1.19 bits per heavy atom. The zero-order valence-electron chi connectivity index (χ0n) is 12.3. The normalized spacial score (nSPS) is 10.5. The molecule has 2 aromatic rings. The molecule has 0 saturated carbocycles. The van der Waals surface area contributed by atoms with Crippen molar-refractivity contribution in [2.24, 2.45) is 0 Å². The smallest absolute Gasteiger partial charge is 0.148 e. The predicted octanol–water partition coefficient (Wildman–Crippen LogP) is 4.32. The molecule has 1 heterocycles. The Hall–Kier alpha value is -1.88. The lowest BCUT2D eigenvalue weighted by Crippen LogP contribution is -2.09. The van der Waals surface area contributed by atoms with E-state index in [1.165, 1.54) is 6.07 Å². The molecular formula is C15H18ClFN4. The minimum absolute atomic E-state index is 0.339. The van der Waals surface area contributed by atoms with Gasteiger partial charge in [0.15, 0.2) is 0 Å². The van der Waals surface area contributed by atoms with Crippen molar-refractivity contribution in [3.8, 4) is 0 Å². The van der Waals surface area contributed by atoms with Crippen LogP contribution in [0.4, 0.5) is 21.7 Å². The molecule has 1 aromatic heterocycles. The number of hydrogen-bond donors (Lipinski definition) is 2. The molecule has 6 heteroatoms. The molecule has 0 aliphatic heterocycles. The van der Waals surface area contributed by atoms with E-state index in [4.69, 9.17) is 11.6 Å². The first kappa shape index (κ1) is 15.5. The maximum Gasteiger partial charge on any atom is 0.148 e. The quantitative estimate of drug-likeness (QED) is 0.864. The fourth-order valence-corrected chi connectivity index (χ4v) is 2.06. The fraction of sp³-hybridized carbons (Fsp3) is 0.333. The van der Waals surface area contributed by atoms with Crippen LogP contribution in [0.5, 0.6) is 0 Å². The molecule has 0 bridgehead atoms. The summed E-state index contributed by atoms with van der Waals surface area (Å²) in [5.41, 5.74) is 1.19. The number of anilines is 3. The molecule has 4 nitrogen and oxygen atoms in total. The number of aromatic nitrogens is 2. The average Bonchev–Trinajstić information content (AvgIpc) is 2.46. The van der Waals surface area contributed by atoms with Crippen LogP contribution >= 0.6 is 11.6 Å². The van der Waals surface area contributed by atoms with Gasteiger partial charge in [-0.2, -0.15) is 0 Å². The van der Waals surface area contributed by atoms with E-state index < -0.39 is 5.82 Å². The van der Waals surface area contributed by atoms with Crippen molar-refractivity contribution in [3.05, 3.63) is 40.4 Å². The first-order valence-electron chi connectivity index (χ1n) is 6.88. The van der Waals surface area contributed by atoms with Crippen LogP contribution in [0.25, 0.3) is 0 Å². The number of nitrogens with zero attached hydrogens (tertiary/aromatic N) is 2. The van der Waals surface area contributed by atoms with E-state index in [0.717, 1.165) is 17.9 Å². The molecule has 0 aliphatic carbocycles. The van der Waals surface area contributed by atoms with Crippen molar-refractivity contribution < 1.29 is 4.39 Å². The summed E-state index contributed by atoms with van der Waals surface area (Å²) in [5.74, 6) is 1.65. The Morgan fingerprint density at radius 2 is 1.90 bits per heavy atom. The second-order valence-electron chi connectivity index (χ2n) is 4.60. The van der Waals surface area contributed by atoms with Crippen molar-refractivity contribution in [3.63, 3.8) is 0 Å². The third kappa shape index (κ3) is 3.61. The van der Waals surface area contributed by atoms with Crippen LogP contribution in [0.3, 0.4) is 0 Å². The van der Waals surface area contributed by atoms with E-state index in [2.05, 4.69) is 20.6 Å². The standard InChI is InChI=1S/C15H18ClFN4/c1-4-13-20-14(18-5-2)9(3)15(21-13)19-12-7-6-10(16)8-11(12)17/h6-8H,4-5H2,1-3H3,(H2,18,19,20,21). The van der Waals surface area contributed by atoms with Gasteiger partial charge in [0.1, 0.15) is 23.3 Å². The van der Waals surface area contributed by atoms with Crippen LogP contribution in [0.2, 0.25) is 5.02 Å². The number of benzene rings is 1. The Bertz CT molecular complexity index is 646. The van der Waals surface area contributed by atoms with Crippen LogP contribution in [0.1, 0.15) is 25.2 Å². The summed E-state index contributed by atoms with van der Waals surface area (Å²) in [6.07, 6.45) is 0.705. The highest BCUT2D eigenvalue weighted by atomic mass is 35.5. The molecule has 112 valence electrons. The SMILES string of the molecule is CCNc1nc(CC)nc(Nc2ccc(Cl)cc2F)c1C. The van der Waals surface area contributed by atoms with Crippen molar-refractivity contribution in [2.45, 2.75) is 27.2 Å². The number of nitrogens with one attached hydrogen (secondary N) is 2. The second kappa shape index (κ2) is 6.72. The molecule has 0 aliphatic rings. The Morgan fingerprint density at radius 3 is 2.52 bits per heavy atom. The topological polar surface area (TPSA) is 49.8 Å². The van der Waals surface area contributed by atoms with Crippen molar-refractivity contribution in [2.75, 3.05) is 17.2 Å². The minimum Gasteiger partial charge on any atom is -0.370 e. The third-order valence-corrected chi connectivity index (χ3v) is 3.27. The largest absolute Gasteiger partial charge is 0.370 e. The molecule has 0 atom stereocenters. The van der Waals surface area contributed by atoms with Gasteiger partial charge < -0.3 is 10.6 Å². The van der Waals surface area contributed by atoms with Gasteiger partial charge in [0.05, 0.1) is 5.69 Å². The summed E-state index contributed by atoms with van der Waals surface area (Å²) in [7, 11) is 0. The Kier molecular flexibility index (Phi) is 4.96. The third-order valence-electron chi connectivity index (χ3n) is 3.04. The van der Waals surface area contributed by atoms with Gasteiger partial charge in [0.2, 0.25) is 0 Å². The van der Waals surface area contributed by atoms with E-state index in [0.29, 0.717) is 28.8 Å². The monoisotopic (exact) mass is 308 g/mol. The highest BCUT2D eigenvalue weighted by molar-refractivity contribution is 6.30. The number of aryl methyl sites for hydroxylation is 1. The maximum absolute atomic E-state index is 13.9. The first-order valence-corrected chi connectivity index (χ1v) is 7.26. The van der Waals surface area contributed by atoms with E-state index in [1.54, 1.807) is 12.1 Å². The highest BCUT2D eigenvalue weighted by Gasteiger charge is 2.12. The van der Waals surface area contributed by atoms with E-state index in [9.17, 15) is 4.39 Å². The van der Waals surface area contributed by atoms with E-state index in [1.807, 2.05) is 20.8 Å². The van der Waals surface area contributed by atoms with Gasteiger partial charge >= 0.3 is 0 Å². The van der Waals surface area contributed by atoms with Gasteiger partial charge in [-0.25, -0.2) is 14.4 Å². The van der Waals surface area contributed by atoms with Crippen molar-refractivity contribution in [1.29, 1.82) is 0 Å². The van der Waals surface area contributed by atoms with Crippen LogP contribution in [0, 0.1) is 12.7 Å². The molecule has 0 unspecified atom stereocenters. The van der Waals surface area contributed by atoms with Gasteiger partial charge in [-0.15, -0.1) is 0 Å². The average molecular weight is 309 g/mol. The summed E-state index contributed by atoms with van der Waals surface area (Å²) >= 11 is 5.76. The first-order chi connectivity index (χ1) is 10.0. The molecule has 0 amide bonds. The lowest BCUT2D eigenvalue weighted by Gasteiger charge is -2.14. The predicted molar refractivity (Wildman–Crippen MR) is 85.0 cm³/mol. The summed E-state index contributed by atoms with van der Waals surface area (Å²) < 4.78 is 13.9. The van der Waals surface area contributed by atoms with Gasteiger partial charge in [-0.3, -0.25) is 0 Å². The molecule has 0 spiro atoms. The molecular weight excluding hydrogens is 291 g/mol. The molecule has 21 heavy (non-hydrogen) atoms. The van der Waals surface area contributed by atoms with Gasteiger partial charge in [-0.1, -0.05) is 18.5 Å². The summed E-state index contributed by atoms with van der Waals surface area (Å²) in [5, 5.41) is 6.57. The lowest BCUT2D eigenvalue weighted by atomic mass is 10.2. The van der Waals surface area contributed by atoms with E-state index in [-0.39, 0.29) is 0 Å². The maximum atomic E-state index is 13.9. The van der Waals surface area contributed by atoms with Crippen LogP contribution in [-0.2, 0) is 6.42 Å². The van der Waals surface area contributed by atoms with Crippen molar-refractivity contribution >= 4 is 28.9 Å². The molecule has 2 N–H and O–H groups in total. The molecule has 0 fully saturated rings.